The molecule has 3 rings (SSSR count). The van der Waals surface area contributed by atoms with Crippen LogP contribution in [0.4, 0.5) is 0 Å². The lowest BCUT2D eigenvalue weighted by atomic mass is 10.1. The Balaban J connectivity index is 2.13. The monoisotopic (exact) mass is 362 g/mol. The normalized spacial score (nSPS) is 11.2. The third-order valence-corrected chi connectivity index (χ3v) is 6.30. The van der Waals surface area contributed by atoms with Crippen LogP contribution in [0.5, 0.6) is 0 Å². The van der Waals surface area contributed by atoms with Gasteiger partial charge < -0.3 is 0 Å². The van der Waals surface area contributed by atoms with E-state index in [1.165, 1.54) is 0 Å². The molecule has 0 fully saturated rings. The summed E-state index contributed by atoms with van der Waals surface area (Å²) in [5.74, 6) is 2.03. The van der Waals surface area contributed by atoms with Crippen LogP contribution in [0, 0.1) is 0 Å². The molecule has 0 N–H and O–H groups in total. The van der Waals surface area contributed by atoms with Crippen molar-refractivity contribution in [2.45, 2.75) is 18.6 Å². The van der Waals surface area contributed by atoms with Crippen molar-refractivity contribution >= 4 is 45.1 Å². The fourth-order valence-electron chi connectivity index (χ4n) is 2.44. The zero-order valence-electron chi connectivity index (χ0n) is 13.1. The molecule has 0 unspecified atom stereocenters. The van der Waals surface area contributed by atoms with Gasteiger partial charge in [-0.05, 0) is 18.7 Å². The highest BCUT2D eigenvalue weighted by molar-refractivity contribution is 8.02. The molecular weight excluding hydrogens is 344 g/mol. The molecular formula is C17H18N2OS3. The minimum atomic E-state index is 0.0734. The largest absolute Gasteiger partial charge is 0.287 e. The fraction of sp³-hybridized carbons (Fsp3) is 0.294. The molecule has 0 amide bonds. The standard InChI is InChI=1S/C17H18N2OS3/c1-3-19-16(20)14-13(12-7-5-4-6-8-12)11-23-15(14)18-17(19)22-10-9-21-2/h4-8,11H,3,9-10H2,1-2H3. The quantitative estimate of drug-likeness (QED) is 0.365. The van der Waals surface area contributed by atoms with Crippen molar-refractivity contribution in [3.63, 3.8) is 0 Å². The van der Waals surface area contributed by atoms with Crippen LogP contribution in [0.1, 0.15) is 6.92 Å². The van der Waals surface area contributed by atoms with Gasteiger partial charge in [0.25, 0.3) is 5.56 Å². The first-order valence-corrected chi connectivity index (χ1v) is 10.7. The molecule has 0 aliphatic rings. The summed E-state index contributed by atoms with van der Waals surface area (Å²) in [7, 11) is 0. The van der Waals surface area contributed by atoms with Crippen molar-refractivity contribution < 1.29 is 0 Å². The number of thioether (sulfide) groups is 2. The van der Waals surface area contributed by atoms with E-state index in [1.54, 1.807) is 27.7 Å². The molecule has 23 heavy (non-hydrogen) atoms. The third-order valence-electron chi connectivity index (χ3n) is 3.58. The number of nitrogens with zero attached hydrogens (tertiary/aromatic N) is 2. The van der Waals surface area contributed by atoms with Gasteiger partial charge in [0.2, 0.25) is 0 Å². The van der Waals surface area contributed by atoms with Gasteiger partial charge >= 0.3 is 0 Å². The van der Waals surface area contributed by atoms with E-state index in [0.717, 1.165) is 38.0 Å². The first kappa shape index (κ1) is 16.6. The Bertz CT molecular complexity index is 855. The van der Waals surface area contributed by atoms with E-state index in [-0.39, 0.29) is 5.56 Å². The second-order valence-corrected chi connectivity index (χ2v) is 7.89. The van der Waals surface area contributed by atoms with Gasteiger partial charge in [-0.1, -0.05) is 42.1 Å². The SMILES string of the molecule is CCn1c(SCCSC)nc2scc(-c3ccccc3)c2c1=O. The second kappa shape index (κ2) is 7.55. The lowest BCUT2D eigenvalue weighted by Gasteiger charge is -2.10. The molecule has 2 aromatic heterocycles. The van der Waals surface area contributed by atoms with Crippen molar-refractivity contribution in [2.75, 3.05) is 17.8 Å². The van der Waals surface area contributed by atoms with Crippen LogP contribution < -0.4 is 5.56 Å². The molecule has 2 heterocycles. The second-order valence-electron chi connectivity index (χ2n) is 4.98. The number of benzene rings is 1. The fourth-order valence-corrected chi connectivity index (χ4v) is 5.14. The highest BCUT2D eigenvalue weighted by Crippen LogP contribution is 2.32. The van der Waals surface area contributed by atoms with Gasteiger partial charge in [-0.3, -0.25) is 9.36 Å². The van der Waals surface area contributed by atoms with Gasteiger partial charge in [0, 0.05) is 29.0 Å². The molecule has 120 valence electrons. The highest BCUT2D eigenvalue weighted by atomic mass is 32.2. The van der Waals surface area contributed by atoms with Crippen LogP contribution in [0.15, 0.2) is 45.7 Å². The Morgan fingerprint density at radius 3 is 2.70 bits per heavy atom. The van der Waals surface area contributed by atoms with Gasteiger partial charge in [-0.25, -0.2) is 4.98 Å². The maximum Gasteiger partial charge on any atom is 0.263 e. The van der Waals surface area contributed by atoms with Crippen LogP contribution in [-0.2, 0) is 6.54 Å². The van der Waals surface area contributed by atoms with Crippen LogP contribution in [0.25, 0.3) is 21.3 Å². The Morgan fingerprint density at radius 2 is 2.00 bits per heavy atom. The maximum absolute atomic E-state index is 13.0. The van der Waals surface area contributed by atoms with E-state index in [0.29, 0.717) is 6.54 Å². The zero-order chi connectivity index (χ0) is 16.2. The van der Waals surface area contributed by atoms with Gasteiger partial charge in [0.15, 0.2) is 5.16 Å². The lowest BCUT2D eigenvalue weighted by Crippen LogP contribution is -2.22. The summed E-state index contributed by atoms with van der Waals surface area (Å²) in [5.41, 5.74) is 2.14. The predicted octanol–water partition coefficient (Wildman–Crippen LogP) is 4.60. The molecule has 3 aromatic rings. The molecule has 0 bridgehead atoms. The molecule has 1 aromatic carbocycles. The van der Waals surface area contributed by atoms with Crippen LogP contribution >= 0.6 is 34.9 Å². The molecule has 0 aliphatic heterocycles. The molecule has 3 nitrogen and oxygen atoms in total. The van der Waals surface area contributed by atoms with Crippen molar-refractivity contribution in [1.29, 1.82) is 0 Å². The van der Waals surface area contributed by atoms with E-state index in [4.69, 9.17) is 4.98 Å². The number of aromatic nitrogens is 2. The summed E-state index contributed by atoms with van der Waals surface area (Å²) in [6.07, 6.45) is 2.09. The first-order chi connectivity index (χ1) is 11.3. The average Bonchev–Trinajstić information content (AvgIpc) is 3.00. The Kier molecular flexibility index (Phi) is 5.46. The number of thiophene rings is 1. The average molecular weight is 363 g/mol. The summed E-state index contributed by atoms with van der Waals surface area (Å²) in [4.78, 5) is 18.6. The zero-order valence-corrected chi connectivity index (χ0v) is 15.6. The summed E-state index contributed by atoms with van der Waals surface area (Å²) >= 11 is 5.03. The van der Waals surface area contributed by atoms with E-state index < -0.39 is 0 Å². The smallest absolute Gasteiger partial charge is 0.263 e. The molecule has 0 spiro atoms. The molecule has 0 saturated carbocycles. The van der Waals surface area contributed by atoms with Crippen LogP contribution in [0.3, 0.4) is 0 Å². The van der Waals surface area contributed by atoms with Gasteiger partial charge in [-0.15, -0.1) is 11.3 Å². The molecule has 0 atom stereocenters. The van der Waals surface area contributed by atoms with E-state index in [1.807, 2.05) is 54.4 Å². The number of hydrogen-bond donors (Lipinski definition) is 0. The van der Waals surface area contributed by atoms with E-state index >= 15 is 0 Å². The van der Waals surface area contributed by atoms with Crippen molar-refractivity contribution in [2.24, 2.45) is 0 Å². The summed E-state index contributed by atoms with van der Waals surface area (Å²) in [6, 6.07) is 10.1. The summed E-state index contributed by atoms with van der Waals surface area (Å²) in [5, 5.41) is 3.63. The van der Waals surface area contributed by atoms with Crippen molar-refractivity contribution in [3.8, 4) is 11.1 Å². The summed E-state index contributed by atoms with van der Waals surface area (Å²) < 4.78 is 1.80. The van der Waals surface area contributed by atoms with E-state index in [2.05, 4.69) is 6.26 Å². The minimum absolute atomic E-state index is 0.0734. The highest BCUT2D eigenvalue weighted by Gasteiger charge is 2.16. The Morgan fingerprint density at radius 1 is 1.22 bits per heavy atom. The van der Waals surface area contributed by atoms with Crippen LogP contribution in [-0.4, -0.2) is 27.3 Å². The van der Waals surface area contributed by atoms with Crippen LogP contribution in [0.2, 0.25) is 0 Å². The predicted molar refractivity (Wildman–Crippen MR) is 104 cm³/mol. The van der Waals surface area contributed by atoms with Gasteiger partial charge in [0.1, 0.15) is 4.83 Å². The Hall–Kier alpha value is -1.24. The van der Waals surface area contributed by atoms with Crippen molar-refractivity contribution in [3.05, 3.63) is 46.1 Å². The third kappa shape index (κ3) is 3.34. The van der Waals surface area contributed by atoms with Gasteiger partial charge in [-0.2, -0.15) is 11.8 Å². The first-order valence-electron chi connectivity index (χ1n) is 7.45. The topological polar surface area (TPSA) is 34.9 Å². The number of hydrogen-bond acceptors (Lipinski definition) is 5. The Labute approximate surface area is 148 Å². The lowest BCUT2D eigenvalue weighted by molar-refractivity contribution is 0.636. The summed E-state index contributed by atoms with van der Waals surface area (Å²) in [6.45, 7) is 2.65. The number of rotatable bonds is 6. The molecule has 6 heteroatoms. The van der Waals surface area contributed by atoms with Gasteiger partial charge in [0.05, 0.1) is 5.39 Å². The minimum Gasteiger partial charge on any atom is -0.287 e. The molecule has 0 radical (unpaired) electrons. The number of fused-ring (bicyclic) bond motifs is 1. The van der Waals surface area contributed by atoms with Crippen molar-refractivity contribution in [1.82, 2.24) is 9.55 Å². The molecule has 0 saturated heterocycles. The maximum atomic E-state index is 13.0. The molecule has 0 aliphatic carbocycles. The van der Waals surface area contributed by atoms with E-state index in [9.17, 15) is 4.79 Å².